The normalized spacial score (nSPS) is 29.2. The lowest BCUT2D eigenvalue weighted by Gasteiger charge is -2.18. The zero-order valence-electron chi connectivity index (χ0n) is 7.03. The van der Waals surface area contributed by atoms with Crippen LogP contribution in [-0.2, 0) is 0 Å². The van der Waals surface area contributed by atoms with Crippen molar-refractivity contribution in [1.82, 2.24) is 10.2 Å². The van der Waals surface area contributed by atoms with Gasteiger partial charge in [0.25, 0.3) is 0 Å². The number of aliphatic hydroxyl groups is 2. The standard InChI is InChI=1S/C7H14N2O3/c1-2-3-4-9-6(11)5(10)8-7(9)12/h5-6,10-11H,2-4H2,1H3,(H,8,12). The quantitative estimate of drug-likeness (QED) is 0.537. The van der Waals surface area contributed by atoms with Crippen LogP contribution < -0.4 is 5.32 Å². The van der Waals surface area contributed by atoms with Crippen LogP contribution in [0.15, 0.2) is 0 Å². The molecule has 0 saturated carbocycles. The lowest BCUT2D eigenvalue weighted by Crippen LogP contribution is -2.36. The minimum absolute atomic E-state index is 0.400. The van der Waals surface area contributed by atoms with Crippen molar-refractivity contribution in [3.05, 3.63) is 0 Å². The van der Waals surface area contributed by atoms with Crippen LogP contribution in [0.25, 0.3) is 0 Å². The fraction of sp³-hybridized carbons (Fsp3) is 0.857. The van der Waals surface area contributed by atoms with Crippen LogP contribution in [0, 0.1) is 0 Å². The average molecular weight is 174 g/mol. The third kappa shape index (κ3) is 1.67. The van der Waals surface area contributed by atoms with Gasteiger partial charge in [-0.15, -0.1) is 0 Å². The second-order valence-corrected chi connectivity index (χ2v) is 2.85. The first-order valence-electron chi connectivity index (χ1n) is 4.10. The first-order chi connectivity index (χ1) is 5.66. The van der Waals surface area contributed by atoms with Crippen LogP contribution in [0.3, 0.4) is 0 Å². The third-order valence-corrected chi connectivity index (χ3v) is 1.89. The molecule has 1 aliphatic heterocycles. The van der Waals surface area contributed by atoms with Gasteiger partial charge in [-0.05, 0) is 6.42 Å². The van der Waals surface area contributed by atoms with Gasteiger partial charge in [-0.2, -0.15) is 0 Å². The summed E-state index contributed by atoms with van der Waals surface area (Å²) < 4.78 is 0. The summed E-state index contributed by atoms with van der Waals surface area (Å²) in [6, 6.07) is -0.400. The number of carbonyl (C=O) groups excluding carboxylic acids is 1. The maximum absolute atomic E-state index is 11.0. The summed E-state index contributed by atoms with van der Waals surface area (Å²) in [5.74, 6) is 0. The number of unbranched alkanes of at least 4 members (excludes halogenated alkanes) is 1. The molecule has 0 bridgehead atoms. The van der Waals surface area contributed by atoms with Crippen molar-refractivity contribution < 1.29 is 15.0 Å². The van der Waals surface area contributed by atoms with Gasteiger partial charge in [0.1, 0.15) is 0 Å². The Kier molecular flexibility index (Phi) is 2.88. The molecule has 0 radical (unpaired) electrons. The predicted molar refractivity (Wildman–Crippen MR) is 42.2 cm³/mol. The van der Waals surface area contributed by atoms with Crippen molar-refractivity contribution in [2.75, 3.05) is 6.54 Å². The van der Waals surface area contributed by atoms with Gasteiger partial charge in [-0.25, -0.2) is 4.79 Å². The highest BCUT2D eigenvalue weighted by molar-refractivity contribution is 5.76. The molecule has 0 aromatic rings. The Morgan fingerprint density at radius 3 is 2.67 bits per heavy atom. The summed E-state index contributed by atoms with van der Waals surface area (Å²) in [7, 11) is 0. The van der Waals surface area contributed by atoms with E-state index in [9.17, 15) is 9.90 Å². The van der Waals surface area contributed by atoms with Gasteiger partial charge < -0.3 is 15.5 Å². The average Bonchev–Trinajstić information content (AvgIpc) is 2.25. The maximum Gasteiger partial charge on any atom is 0.321 e. The molecule has 2 unspecified atom stereocenters. The second kappa shape index (κ2) is 3.73. The van der Waals surface area contributed by atoms with Gasteiger partial charge in [0.15, 0.2) is 12.5 Å². The van der Waals surface area contributed by atoms with Crippen LogP contribution in [0.4, 0.5) is 4.79 Å². The van der Waals surface area contributed by atoms with Crippen LogP contribution in [0.5, 0.6) is 0 Å². The molecule has 0 aromatic heterocycles. The summed E-state index contributed by atoms with van der Waals surface area (Å²) in [6.45, 7) is 2.48. The van der Waals surface area contributed by atoms with E-state index in [2.05, 4.69) is 5.32 Å². The van der Waals surface area contributed by atoms with Crippen LogP contribution >= 0.6 is 0 Å². The SMILES string of the molecule is CCCCN1C(=O)NC(O)C1O. The van der Waals surface area contributed by atoms with Crippen LogP contribution in [-0.4, -0.2) is 40.1 Å². The summed E-state index contributed by atoms with van der Waals surface area (Å²) in [4.78, 5) is 12.2. The molecule has 1 rings (SSSR count). The lowest BCUT2D eigenvalue weighted by atomic mass is 10.3. The molecule has 5 heteroatoms. The Balaban J connectivity index is 2.46. The van der Waals surface area contributed by atoms with Crippen molar-refractivity contribution in [2.24, 2.45) is 0 Å². The smallest absolute Gasteiger partial charge is 0.321 e. The number of rotatable bonds is 3. The zero-order valence-corrected chi connectivity index (χ0v) is 7.03. The Bertz CT molecular complexity index is 174. The van der Waals surface area contributed by atoms with Crippen LogP contribution in [0.2, 0.25) is 0 Å². The van der Waals surface area contributed by atoms with E-state index in [0.29, 0.717) is 6.54 Å². The minimum Gasteiger partial charge on any atom is -0.369 e. The fourth-order valence-corrected chi connectivity index (χ4v) is 1.14. The summed E-state index contributed by atoms with van der Waals surface area (Å²) in [5, 5.41) is 20.5. The predicted octanol–water partition coefficient (Wildman–Crippen LogP) is -0.552. The van der Waals surface area contributed by atoms with Gasteiger partial charge in [0.05, 0.1) is 0 Å². The molecule has 0 aromatic carbocycles. The molecule has 1 heterocycles. The lowest BCUT2D eigenvalue weighted by molar-refractivity contribution is -0.0340. The van der Waals surface area contributed by atoms with Crippen molar-refractivity contribution in [3.63, 3.8) is 0 Å². The summed E-state index contributed by atoms with van der Waals surface area (Å²) >= 11 is 0. The number of nitrogens with one attached hydrogen (secondary N) is 1. The van der Waals surface area contributed by atoms with Crippen molar-refractivity contribution in [2.45, 2.75) is 32.2 Å². The highest BCUT2D eigenvalue weighted by Gasteiger charge is 2.35. The molecular weight excluding hydrogens is 160 g/mol. The van der Waals surface area contributed by atoms with E-state index in [4.69, 9.17) is 5.11 Å². The molecule has 0 aliphatic carbocycles. The first kappa shape index (κ1) is 9.28. The molecule has 0 spiro atoms. The van der Waals surface area contributed by atoms with Crippen molar-refractivity contribution >= 4 is 6.03 Å². The van der Waals surface area contributed by atoms with E-state index in [0.717, 1.165) is 12.8 Å². The number of urea groups is 1. The van der Waals surface area contributed by atoms with Gasteiger partial charge in [0, 0.05) is 6.54 Å². The number of hydrogen-bond acceptors (Lipinski definition) is 3. The number of amides is 2. The van der Waals surface area contributed by atoms with Crippen LogP contribution in [0.1, 0.15) is 19.8 Å². The van der Waals surface area contributed by atoms with Gasteiger partial charge >= 0.3 is 6.03 Å². The van der Waals surface area contributed by atoms with Gasteiger partial charge in [-0.3, -0.25) is 4.90 Å². The number of aliphatic hydroxyl groups excluding tert-OH is 2. The Labute approximate surface area is 71.0 Å². The molecule has 1 fully saturated rings. The topological polar surface area (TPSA) is 72.8 Å². The van der Waals surface area contributed by atoms with Crippen molar-refractivity contribution in [3.8, 4) is 0 Å². The zero-order chi connectivity index (χ0) is 9.14. The number of carbonyl (C=O) groups is 1. The van der Waals surface area contributed by atoms with Gasteiger partial charge in [0.2, 0.25) is 0 Å². The molecule has 5 nitrogen and oxygen atoms in total. The molecule has 3 N–H and O–H groups in total. The van der Waals surface area contributed by atoms with Crippen molar-refractivity contribution in [1.29, 1.82) is 0 Å². The fourth-order valence-electron chi connectivity index (χ4n) is 1.14. The number of nitrogens with zero attached hydrogens (tertiary/aromatic N) is 1. The molecule has 2 atom stereocenters. The molecule has 1 aliphatic rings. The van der Waals surface area contributed by atoms with E-state index in [-0.39, 0.29) is 0 Å². The van der Waals surface area contributed by atoms with E-state index >= 15 is 0 Å². The van der Waals surface area contributed by atoms with E-state index in [1.807, 2.05) is 6.92 Å². The highest BCUT2D eigenvalue weighted by atomic mass is 16.4. The summed E-state index contributed by atoms with van der Waals surface area (Å²) in [5.41, 5.74) is 0. The van der Waals surface area contributed by atoms with E-state index < -0.39 is 18.5 Å². The molecular formula is C7H14N2O3. The first-order valence-corrected chi connectivity index (χ1v) is 4.10. The molecule has 12 heavy (non-hydrogen) atoms. The molecule has 1 saturated heterocycles. The maximum atomic E-state index is 11.0. The second-order valence-electron chi connectivity index (χ2n) is 2.85. The Morgan fingerprint density at radius 2 is 2.25 bits per heavy atom. The molecule has 70 valence electrons. The third-order valence-electron chi connectivity index (χ3n) is 1.89. The Morgan fingerprint density at radius 1 is 1.58 bits per heavy atom. The molecule has 2 amide bonds. The van der Waals surface area contributed by atoms with Gasteiger partial charge in [-0.1, -0.05) is 13.3 Å². The van der Waals surface area contributed by atoms with E-state index in [1.165, 1.54) is 4.90 Å². The Hall–Kier alpha value is -0.810. The largest absolute Gasteiger partial charge is 0.369 e. The monoisotopic (exact) mass is 174 g/mol. The minimum atomic E-state index is -1.14. The highest BCUT2D eigenvalue weighted by Crippen LogP contribution is 2.09. The number of hydrogen-bond donors (Lipinski definition) is 3. The van der Waals surface area contributed by atoms with E-state index in [1.54, 1.807) is 0 Å². The summed E-state index contributed by atoms with van der Waals surface area (Å²) in [6.07, 6.45) is -0.456.